The van der Waals surface area contributed by atoms with Gasteiger partial charge in [-0.15, -0.1) is 11.3 Å². The number of anilines is 1. The Morgan fingerprint density at radius 3 is 2.57 bits per heavy atom. The molecule has 0 atom stereocenters. The monoisotopic (exact) mass is 465 g/mol. The molecule has 0 saturated heterocycles. The Kier molecular flexibility index (Phi) is 5.22. The van der Waals surface area contributed by atoms with Crippen molar-refractivity contribution in [3.05, 3.63) is 60.2 Å². The van der Waals surface area contributed by atoms with Crippen molar-refractivity contribution in [2.24, 2.45) is 14.1 Å². The Morgan fingerprint density at radius 2 is 1.87 bits per heavy atom. The van der Waals surface area contributed by atoms with Gasteiger partial charge in [0.25, 0.3) is 5.56 Å². The van der Waals surface area contributed by atoms with Crippen molar-refractivity contribution in [1.29, 1.82) is 0 Å². The summed E-state index contributed by atoms with van der Waals surface area (Å²) in [4.78, 5) is 41.2. The third kappa shape index (κ3) is 3.64. The van der Waals surface area contributed by atoms with Gasteiger partial charge < -0.3 is 9.84 Å². The highest BCUT2D eigenvalue weighted by Gasteiger charge is 2.21. The summed E-state index contributed by atoms with van der Waals surface area (Å²) in [7, 11) is 2.82. The number of fused-ring (bicyclic) bond motifs is 1. The SMILES string of the molecule is Cn1c(=O)c2c(CC(=O)Nc3nc(-c4cc(Cl)cc(Cl)c4)cs3)onc2n(C)c1=O. The molecule has 0 aliphatic carbocycles. The van der Waals surface area contributed by atoms with Gasteiger partial charge in [-0.05, 0) is 18.2 Å². The Morgan fingerprint density at radius 1 is 1.17 bits per heavy atom. The summed E-state index contributed by atoms with van der Waals surface area (Å²) in [6.07, 6.45) is -0.248. The van der Waals surface area contributed by atoms with Crippen LogP contribution in [0.5, 0.6) is 0 Å². The van der Waals surface area contributed by atoms with Crippen LogP contribution in [0.2, 0.25) is 10.0 Å². The number of hydrogen-bond donors (Lipinski definition) is 1. The van der Waals surface area contributed by atoms with Gasteiger partial charge >= 0.3 is 5.69 Å². The van der Waals surface area contributed by atoms with E-state index in [0.29, 0.717) is 20.9 Å². The zero-order chi connectivity index (χ0) is 21.6. The number of nitrogens with zero attached hydrogens (tertiary/aromatic N) is 4. The lowest BCUT2D eigenvalue weighted by Crippen LogP contribution is -2.37. The second-order valence-electron chi connectivity index (χ2n) is 6.43. The summed E-state index contributed by atoms with van der Waals surface area (Å²) in [5, 5.41) is 9.57. The van der Waals surface area contributed by atoms with Crippen molar-refractivity contribution in [2.75, 3.05) is 5.32 Å². The van der Waals surface area contributed by atoms with Gasteiger partial charge in [-0.1, -0.05) is 28.4 Å². The van der Waals surface area contributed by atoms with Crippen molar-refractivity contribution in [3.8, 4) is 11.3 Å². The topological polar surface area (TPSA) is 112 Å². The summed E-state index contributed by atoms with van der Waals surface area (Å²) in [6.45, 7) is 0. The molecule has 0 aliphatic rings. The molecule has 3 aromatic heterocycles. The van der Waals surface area contributed by atoms with Gasteiger partial charge in [0.15, 0.2) is 16.5 Å². The third-order valence-electron chi connectivity index (χ3n) is 4.38. The lowest BCUT2D eigenvalue weighted by Gasteiger charge is -2.02. The Hall–Kier alpha value is -2.95. The molecule has 3 heterocycles. The third-order valence-corrected chi connectivity index (χ3v) is 5.58. The van der Waals surface area contributed by atoms with Gasteiger partial charge in [0.05, 0.1) is 12.1 Å². The largest absolute Gasteiger partial charge is 0.358 e. The molecule has 1 amide bonds. The van der Waals surface area contributed by atoms with E-state index in [-0.39, 0.29) is 23.2 Å². The average molecular weight is 466 g/mol. The molecule has 30 heavy (non-hydrogen) atoms. The minimum absolute atomic E-state index is 0.0668. The molecule has 9 nitrogen and oxygen atoms in total. The molecule has 0 bridgehead atoms. The highest BCUT2D eigenvalue weighted by molar-refractivity contribution is 7.14. The summed E-state index contributed by atoms with van der Waals surface area (Å²) >= 11 is 13.3. The molecule has 0 unspecified atom stereocenters. The van der Waals surface area contributed by atoms with Crippen molar-refractivity contribution in [2.45, 2.75) is 6.42 Å². The van der Waals surface area contributed by atoms with Crippen LogP contribution in [0, 0.1) is 0 Å². The van der Waals surface area contributed by atoms with Crippen LogP contribution in [0.15, 0.2) is 37.7 Å². The van der Waals surface area contributed by atoms with Crippen molar-refractivity contribution in [1.82, 2.24) is 19.3 Å². The normalized spacial score (nSPS) is 11.2. The molecular weight excluding hydrogens is 453 g/mol. The van der Waals surface area contributed by atoms with E-state index in [1.54, 1.807) is 23.6 Å². The van der Waals surface area contributed by atoms with Crippen LogP contribution in [0.3, 0.4) is 0 Å². The van der Waals surface area contributed by atoms with Crippen LogP contribution < -0.4 is 16.6 Å². The number of aryl methyl sites for hydroxylation is 1. The van der Waals surface area contributed by atoms with Crippen LogP contribution in [-0.2, 0) is 25.3 Å². The first-order valence-electron chi connectivity index (χ1n) is 8.50. The molecular formula is C18H13Cl2N5O4S. The lowest BCUT2D eigenvalue weighted by molar-refractivity contribution is -0.115. The number of rotatable bonds is 4. The van der Waals surface area contributed by atoms with Crippen molar-refractivity contribution < 1.29 is 9.32 Å². The fraction of sp³-hybridized carbons (Fsp3) is 0.167. The first-order valence-corrected chi connectivity index (χ1v) is 10.1. The molecule has 154 valence electrons. The van der Waals surface area contributed by atoms with Crippen molar-refractivity contribution >= 4 is 56.6 Å². The molecule has 4 aromatic rings. The number of carbonyl (C=O) groups is 1. The van der Waals surface area contributed by atoms with Crippen LogP contribution in [0.1, 0.15) is 5.76 Å². The van der Waals surface area contributed by atoms with E-state index in [1.807, 2.05) is 0 Å². The molecule has 0 saturated carbocycles. The van der Waals surface area contributed by atoms with E-state index in [9.17, 15) is 14.4 Å². The van der Waals surface area contributed by atoms with Crippen LogP contribution >= 0.6 is 34.5 Å². The summed E-state index contributed by atoms with van der Waals surface area (Å²) in [5.41, 5.74) is 0.295. The first-order chi connectivity index (χ1) is 14.2. The standard InChI is InChI=1S/C18H13Cl2N5O4S/c1-24-15-14(16(27)25(2)18(24)28)12(29-23-15)6-13(26)22-17-21-11(7-30-17)8-3-9(19)5-10(20)4-8/h3-5,7H,6H2,1-2H3,(H,21,22,26). The number of nitrogens with one attached hydrogen (secondary N) is 1. The fourth-order valence-electron chi connectivity index (χ4n) is 2.92. The molecule has 0 fully saturated rings. The van der Waals surface area contributed by atoms with E-state index in [4.69, 9.17) is 27.7 Å². The van der Waals surface area contributed by atoms with E-state index in [2.05, 4.69) is 15.5 Å². The molecule has 0 aliphatic heterocycles. The lowest BCUT2D eigenvalue weighted by atomic mass is 10.2. The fourth-order valence-corrected chi connectivity index (χ4v) is 4.19. The minimum atomic E-state index is -0.577. The Bertz CT molecular complexity index is 1400. The van der Waals surface area contributed by atoms with Crippen LogP contribution in [-0.4, -0.2) is 25.2 Å². The number of benzene rings is 1. The first kappa shape index (κ1) is 20.3. The maximum atomic E-state index is 12.5. The molecule has 12 heteroatoms. The smallest absolute Gasteiger partial charge is 0.332 e. The molecule has 1 aromatic carbocycles. The zero-order valence-electron chi connectivity index (χ0n) is 15.6. The van der Waals surface area contributed by atoms with Crippen LogP contribution in [0.25, 0.3) is 22.3 Å². The number of aromatic nitrogens is 4. The number of amides is 1. The zero-order valence-corrected chi connectivity index (χ0v) is 17.9. The van der Waals surface area contributed by atoms with E-state index < -0.39 is 17.2 Å². The molecule has 4 rings (SSSR count). The Balaban J connectivity index is 1.57. The number of hydrogen-bond acceptors (Lipinski definition) is 7. The maximum absolute atomic E-state index is 12.5. The predicted molar refractivity (Wildman–Crippen MR) is 114 cm³/mol. The maximum Gasteiger partial charge on any atom is 0.332 e. The van der Waals surface area contributed by atoms with Gasteiger partial charge in [-0.25, -0.2) is 9.78 Å². The highest BCUT2D eigenvalue weighted by atomic mass is 35.5. The second kappa shape index (κ2) is 7.71. The van der Waals surface area contributed by atoms with Gasteiger partial charge in [-0.2, -0.15) is 0 Å². The minimum Gasteiger partial charge on any atom is -0.358 e. The molecule has 0 radical (unpaired) electrons. The summed E-state index contributed by atoms with van der Waals surface area (Å²) in [6, 6.07) is 5.05. The summed E-state index contributed by atoms with van der Waals surface area (Å²) in [5.74, 6) is -0.383. The van der Waals surface area contributed by atoms with Gasteiger partial charge in [0, 0.05) is 35.1 Å². The van der Waals surface area contributed by atoms with Gasteiger partial charge in [-0.3, -0.25) is 18.7 Å². The quantitative estimate of drug-likeness (QED) is 0.495. The Labute approximate surface area is 182 Å². The summed E-state index contributed by atoms with van der Waals surface area (Å²) < 4.78 is 7.29. The number of thiazole rings is 1. The highest BCUT2D eigenvalue weighted by Crippen LogP contribution is 2.29. The van der Waals surface area contributed by atoms with Gasteiger partial charge in [0.1, 0.15) is 5.39 Å². The van der Waals surface area contributed by atoms with E-state index >= 15 is 0 Å². The van der Waals surface area contributed by atoms with Crippen LogP contribution in [0.4, 0.5) is 5.13 Å². The molecule has 1 N–H and O–H groups in total. The predicted octanol–water partition coefficient (Wildman–Crippen LogP) is 2.84. The molecule has 0 spiro atoms. The number of carbonyl (C=O) groups excluding carboxylic acids is 1. The van der Waals surface area contributed by atoms with Crippen molar-refractivity contribution in [3.63, 3.8) is 0 Å². The second-order valence-corrected chi connectivity index (χ2v) is 8.16. The van der Waals surface area contributed by atoms with Gasteiger partial charge in [0.2, 0.25) is 5.91 Å². The average Bonchev–Trinajstić information content (AvgIpc) is 3.31. The number of halogens is 2. The van der Waals surface area contributed by atoms with E-state index in [1.165, 1.54) is 30.0 Å². The van der Waals surface area contributed by atoms with E-state index in [0.717, 1.165) is 10.1 Å².